The van der Waals surface area contributed by atoms with Gasteiger partial charge in [0.1, 0.15) is 5.52 Å². The monoisotopic (exact) mass is 304 g/mol. The van der Waals surface area contributed by atoms with E-state index in [2.05, 4.69) is 10.2 Å². The number of H-pyrrole nitrogens is 1. The van der Waals surface area contributed by atoms with E-state index in [1.54, 1.807) is 10.6 Å². The van der Waals surface area contributed by atoms with Crippen molar-refractivity contribution in [1.82, 2.24) is 14.8 Å². The van der Waals surface area contributed by atoms with Crippen LogP contribution in [-0.4, -0.2) is 21.3 Å². The van der Waals surface area contributed by atoms with E-state index in [1.165, 1.54) is 0 Å². The van der Waals surface area contributed by atoms with E-state index in [1.807, 2.05) is 26.0 Å². The van der Waals surface area contributed by atoms with Crippen molar-refractivity contribution in [3.05, 3.63) is 39.3 Å². The molecule has 6 heteroatoms. The van der Waals surface area contributed by atoms with Crippen molar-refractivity contribution in [1.29, 1.82) is 0 Å². The molecule has 0 saturated heterocycles. The Bertz CT molecular complexity index is 881. The smallest absolute Gasteiger partial charge is 0.262 e. The molecule has 3 N–H and O–H groups in total. The molecule has 5 nitrogen and oxygen atoms in total. The molecule has 0 radical (unpaired) electrons. The minimum absolute atomic E-state index is 0.0358. The van der Waals surface area contributed by atoms with Crippen molar-refractivity contribution in [2.75, 3.05) is 6.54 Å². The lowest BCUT2D eigenvalue weighted by Gasteiger charge is -2.15. The fourth-order valence-electron chi connectivity index (χ4n) is 2.63. The predicted octanol–water partition coefficient (Wildman–Crippen LogP) is 2.43. The Hall–Kier alpha value is -1.85. The molecule has 2 heterocycles. The van der Waals surface area contributed by atoms with E-state index >= 15 is 0 Å². The highest BCUT2D eigenvalue weighted by Gasteiger charge is 2.16. The Morgan fingerprint density at radius 2 is 2.24 bits per heavy atom. The van der Waals surface area contributed by atoms with Gasteiger partial charge in [-0.1, -0.05) is 18.5 Å². The Morgan fingerprint density at radius 1 is 1.48 bits per heavy atom. The molecular weight excluding hydrogens is 288 g/mol. The molecule has 1 aromatic carbocycles. The van der Waals surface area contributed by atoms with E-state index in [0.29, 0.717) is 29.0 Å². The van der Waals surface area contributed by atoms with E-state index in [0.717, 1.165) is 16.6 Å². The number of hydrogen-bond acceptors (Lipinski definition) is 3. The minimum atomic E-state index is -0.0358. The van der Waals surface area contributed by atoms with Crippen LogP contribution in [0.1, 0.15) is 12.6 Å². The average Bonchev–Trinajstić information content (AvgIpc) is 2.85. The molecular formula is C15H17ClN4O. The lowest BCUT2D eigenvalue weighted by molar-refractivity contribution is 0.494. The van der Waals surface area contributed by atoms with Crippen LogP contribution in [0.4, 0.5) is 0 Å². The summed E-state index contributed by atoms with van der Waals surface area (Å²) in [6.07, 6.45) is 0. The van der Waals surface area contributed by atoms with Gasteiger partial charge in [0.15, 0.2) is 0 Å². The molecule has 3 rings (SSSR count). The highest BCUT2D eigenvalue weighted by atomic mass is 35.5. The quantitative estimate of drug-likeness (QED) is 0.780. The summed E-state index contributed by atoms with van der Waals surface area (Å²) in [6.45, 7) is 4.99. The van der Waals surface area contributed by atoms with Crippen molar-refractivity contribution in [3.8, 4) is 0 Å². The van der Waals surface area contributed by atoms with Crippen LogP contribution in [0.5, 0.6) is 0 Å². The second kappa shape index (κ2) is 5.16. The number of aromatic nitrogens is 3. The van der Waals surface area contributed by atoms with Gasteiger partial charge in [-0.2, -0.15) is 5.10 Å². The van der Waals surface area contributed by atoms with E-state index in [-0.39, 0.29) is 11.5 Å². The highest BCUT2D eigenvalue weighted by Crippen LogP contribution is 2.26. The van der Waals surface area contributed by atoms with Crippen LogP contribution in [0.25, 0.3) is 21.8 Å². The molecule has 0 spiro atoms. The summed E-state index contributed by atoms with van der Waals surface area (Å²) in [7, 11) is 0. The Balaban J connectivity index is 2.45. The van der Waals surface area contributed by atoms with Crippen LogP contribution < -0.4 is 11.3 Å². The first kappa shape index (κ1) is 14.1. The second-order valence-corrected chi connectivity index (χ2v) is 5.93. The van der Waals surface area contributed by atoms with Gasteiger partial charge in [0.25, 0.3) is 5.56 Å². The van der Waals surface area contributed by atoms with E-state index < -0.39 is 0 Å². The molecule has 0 aliphatic rings. The molecule has 0 aliphatic carbocycles. The van der Waals surface area contributed by atoms with Crippen LogP contribution in [0, 0.1) is 12.8 Å². The number of nitrogens with two attached hydrogens (primary N) is 1. The number of halogens is 1. The van der Waals surface area contributed by atoms with Gasteiger partial charge in [-0.05, 0) is 37.6 Å². The molecule has 1 atom stereocenters. The molecule has 0 bridgehead atoms. The predicted molar refractivity (Wildman–Crippen MR) is 85.8 cm³/mol. The Morgan fingerprint density at radius 3 is 2.95 bits per heavy atom. The topological polar surface area (TPSA) is 76.7 Å². The molecule has 0 saturated carbocycles. The van der Waals surface area contributed by atoms with Gasteiger partial charge in [0.05, 0.1) is 10.9 Å². The molecule has 110 valence electrons. The number of pyridine rings is 1. The third kappa shape index (κ3) is 2.22. The average molecular weight is 305 g/mol. The van der Waals surface area contributed by atoms with Crippen molar-refractivity contribution < 1.29 is 0 Å². The summed E-state index contributed by atoms with van der Waals surface area (Å²) < 4.78 is 1.77. The summed E-state index contributed by atoms with van der Waals surface area (Å²) >= 11 is 6.11. The second-order valence-electron chi connectivity index (χ2n) is 5.49. The van der Waals surface area contributed by atoms with Crippen molar-refractivity contribution in [3.63, 3.8) is 0 Å². The van der Waals surface area contributed by atoms with Gasteiger partial charge in [-0.3, -0.25) is 9.89 Å². The number of aryl methyl sites for hydroxylation is 1. The Kier molecular flexibility index (Phi) is 3.47. The van der Waals surface area contributed by atoms with E-state index in [9.17, 15) is 4.79 Å². The molecule has 0 fully saturated rings. The van der Waals surface area contributed by atoms with Crippen LogP contribution in [0.3, 0.4) is 0 Å². The highest BCUT2D eigenvalue weighted by molar-refractivity contribution is 6.31. The molecule has 0 amide bonds. The van der Waals surface area contributed by atoms with Gasteiger partial charge < -0.3 is 10.3 Å². The number of hydrogen-bond donors (Lipinski definition) is 2. The first-order valence-electron chi connectivity index (χ1n) is 6.89. The maximum absolute atomic E-state index is 12.8. The van der Waals surface area contributed by atoms with Crippen molar-refractivity contribution in [2.24, 2.45) is 11.7 Å². The summed E-state index contributed by atoms with van der Waals surface area (Å²) in [6, 6.07) is 5.51. The Labute approximate surface area is 126 Å². The van der Waals surface area contributed by atoms with Crippen molar-refractivity contribution in [2.45, 2.75) is 20.4 Å². The zero-order chi connectivity index (χ0) is 15.1. The van der Waals surface area contributed by atoms with Gasteiger partial charge in [0.2, 0.25) is 0 Å². The van der Waals surface area contributed by atoms with Crippen molar-refractivity contribution >= 4 is 33.4 Å². The maximum atomic E-state index is 12.8. The number of aromatic amines is 1. The largest absolute Gasteiger partial charge is 0.330 e. The third-order valence-electron chi connectivity index (χ3n) is 3.81. The SMILES string of the molecule is Cc1[nH]nc2c1c(=O)n(C[C@@H](C)CN)c1ccc(Cl)cc21. The molecule has 0 unspecified atom stereocenters. The van der Waals surface area contributed by atoms with E-state index in [4.69, 9.17) is 17.3 Å². The van der Waals surface area contributed by atoms with Crippen LogP contribution in [0.15, 0.2) is 23.0 Å². The summed E-state index contributed by atoms with van der Waals surface area (Å²) in [4.78, 5) is 12.8. The first-order valence-corrected chi connectivity index (χ1v) is 7.27. The summed E-state index contributed by atoms with van der Waals surface area (Å²) in [5.41, 5.74) is 7.95. The standard InChI is InChI=1S/C15H17ClN4O/c1-8(6-17)7-20-12-4-3-10(16)5-11(12)14-13(15(20)21)9(2)18-19-14/h3-5,8H,6-7,17H2,1-2H3,(H,18,19)/t8-/m0/s1. The number of benzene rings is 1. The maximum Gasteiger partial charge on any atom is 0.262 e. The molecule has 21 heavy (non-hydrogen) atoms. The third-order valence-corrected chi connectivity index (χ3v) is 4.04. The number of fused-ring (bicyclic) bond motifs is 3. The molecule has 3 aromatic rings. The minimum Gasteiger partial charge on any atom is -0.330 e. The first-order chi connectivity index (χ1) is 10.0. The summed E-state index contributed by atoms with van der Waals surface area (Å²) in [5.74, 6) is 0.214. The van der Waals surface area contributed by atoms with Gasteiger partial charge in [-0.15, -0.1) is 0 Å². The lowest BCUT2D eigenvalue weighted by atomic mass is 10.1. The van der Waals surface area contributed by atoms with Crippen LogP contribution in [-0.2, 0) is 6.54 Å². The van der Waals surface area contributed by atoms with Gasteiger partial charge in [0, 0.05) is 22.6 Å². The molecule has 0 aliphatic heterocycles. The summed E-state index contributed by atoms with van der Waals surface area (Å²) in [5, 5.41) is 9.29. The fraction of sp³-hybridized carbons (Fsp3) is 0.333. The normalized spacial score (nSPS) is 13.1. The van der Waals surface area contributed by atoms with Gasteiger partial charge in [-0.25, -0.2) is 0 Å². The van der Waals surface area contributed by atoms with Crippen LogP contribution >= 0.6 is 11.6 Å². The van der Waals surface area contributed by atoms with Gasteiger partial charge >= 0.3 is 0 Å². The fourth-order valence-corrected chi connectivity index (χ4v) is 2.80. The van der Waals surface area contributed by atoms with Crippen LogP contribution in [0.2, 0.25) is 5.02 Å². The lowest BCUT2D eigenvalue weighted by Crippen LogP contribution is -2.27. The zero-order valence-corrected chi connectivity index (χ0v) is 12.7. The number of rotatable bonds is 3. The number of nitrogens with one attached hydrogen (secondary N) is 1. The zero-order valence-electron chi connectivity index (χ0n) is 12.0. The number of nitrogens with zero attached hydrogens (tertiary/aromatic N) is 2. The molecule has 2 aromatic heterocycles.